The summed E-state index contributed by atoms with van der Waals surface area (Å²) in [4.78, 5) is 11.1. The summed E-state index contributed by atoms with van der Waals surface area (Å²) in [5.41, 5.74) is 0.701. The van der Waals surface area contributed by atoms with Crippen molar-refractivity contribution in [3.05, 3.63) is 24.3 Å². The molecule has 2 nitrogen and oxygen atoms in total. The van der Waals surface area contributed by atoms with E-state index in [-0.39, 0.29) is 18.1 Å². The highest BCUT2D eigenvalue weighted by molar-refractivity contribution is 5.99. The first-order chi connectivity index (χ1) is 5.15. The fourth-order valence-corrected chi connectivity index (χ4v) is 1.20. The molecule has 11 heavy (non-hydrogen) atoms. The number of rotatable bonds is 2. The summed E-state index contributed by atoms with van der Waals surface area (Å²) in [5, 5.41) is 9.08. The van der Waals surface area contributed by atoms with Gasteiger partial charge in [0, 0.05) is 17.9 Å². The van der Waals surface area contributed by atoms with E-state index in [1.165, 1.54) is 0 Å². The van der Waals surface area contributed by atoms with Crippen molar-refractivity contribution in [3.63, 3.8) is 0 Å². The maximum Gasteiger partial charge on any atom is 0.162 e. The van der Waals surface area contributed by atoms with E-state index in [0.29, 0.717) is 5.57 Å². The minimum Gasteiger partial charge on any atom is -0.389 e. The molecule has 0 bridgehead atoms. The lowest BCUT2D eigenvalue weighted by Gasteiger charge is -2.03. The normalized spacial score (nSPS) is 26.5. The molecule has 60 valence electrons. The van der Waals surface area contributed by atoms with Crippen LogP contribution in [0.5, 0.6) is 0 Å². The number of aliphatic hydroxyl groups is 1. The lowest BCUT2D eigenvalue weighted by atomic mass is 10.0. The van der Waals surface area contributed by atoms with Gasteiger partial charge in [-0.2, -0.15) is 0 Å². The van der Waals surface area contributed by atoms with Crippen LogP contribution in [0.1, 0.15) is 13.3 Å². The third-order valence-electron chi connectivity index (χ3n) is 1.93. The van der Waals surface area contributed by atoms with Gasteiger partial charge < -0.3 is 5.11 Å². The molecule has 0 saturated carbocycles. The van der Waals surface area contributed by atoms with Gasteiger partial charge in [0.1, 0.15) is 0 Å². The Hall–Kier alpha value is -0.890. The molecule has 2 heteroatoms. The zero-order valence-electron chi connectivity index (χ0n) is 6.58. The van der Waals surface area contributed by atoms with Crippen molar-refractivity contribution >= 4 is 5.78 Å². The topological polar surface area (TPSA) is 37.3 Å². The van der Waals surface area contributed by atoms with Crippen LogP contribution >= 0.6 is 0 Å². The minimum absolute atomic E-state index is 0.0462. The van der Waals surface area contributed by atoms with Crippen LogP contribution in [0.15, 0.2) is 24.3 Å². The van der Waals surface area contributed by atoms with Gasteiger partial charge in [0.05, 0.1) is 6.10 Å². The largest absolute Gasteiger partial charge is 0.389 e. The highest BCUT2D eigenvalue weighted by Crippen LogP contribution is 2.22. The van der Waals surface area contributed by atoms with Crippen molar-refractivity contribution < 1.29 is 9.90 Å². The average molecular weight is 152 g/mol. The highest BCUT2D eigenvalue weighted by atomic mass is 16.3. The Balaban J connectivity index is 2.78. The number of carbonyl (C=O) groups is 1. The van der Waals surface area contributed by atoms with Gasteiger partial charge in [-0.25, -0.2) is 0 Å². The molecule has 0 heterocycles. The van der Waals surface area contributed by atoms with E-state index in [1.807, 2.05) is 6.92 Å². The fourth-order valence-electron chi connectivity index (χ4n) is 1.20. The molecule has 0 aromatic heterocycles. The molecule has 0 radical (unpaired) electrons. The molecule has 0 spiro atoms. The van der Waals surface area contributed by atoms with Crippen LogP contribution in [0.2, 0.25) is 0 Å². The zero-order chi connectivity index (χ0) is 8.43. The molecule has 2 atom stereocenters. The van der Waals surface area contributed by atoms with Gasteiger partial charge in [-0.15, -0.1) is 6.58 Å². The number of hydrogen-bond donors (Lipinski definition) is 1. The number of hydrogen-bond acceptors (Lipinski definition) is 2. The lowest BCUT2D eigenvalue weighted by molar-refractivity contribution is -0.116. The molecule has 0 aromatic rings. The van der Waals surface area contributed by atoms with E-state index in [2.05, 4.69) is 6.58 Å². The monoisotopic (exact) mass is 152 g/mol. The number of ketones is 1. The van der Waals surface area contributed by atoms with Crippen LogP contribution in [-0.2, 0) is 4.79 Å². The molecule has 0 saturated heterocycles. The lowest BCUT2D eigenvalue weighted by Crippen LogP contribution is -2.04. The second-order valence-corrected chi connectivity index (χ2v) is 2.84. The first kappa shape index (κ1) is 8.21. The van der Waals surface area contributed by atoms with Gasteiger partial charge >= 0.3 is 0 Å². The summed E-state index contributed by atoms with van der Waals surface area (Å²) in [7, 11) is 0. The maximum atomic E-state index is 11.1. The average Bonchev–Trinajstić information content (AvgIpc) is 2.28. The second kappa shape index (κ2) is 3.01. The van der Waals surface area contributed by atoms with E-state index >= 15 is 0 Å². The summed E-state index contributed by atoms with van der Waals surface area (Å²) in [6, 6.07) is 0. The Bertz CT molecular complexity index is 216. The van der Waals surface area contributed by atoms with Gasteiger partial charge in [-0.3, -0.25) is 4.79 Å². The number of Topliss-reactive ketones (excluding diaryl/α,β-unsaturated/α-hetero) is 1. The van der Waals surface area contributed by atoms with Crippen molar-refractivity contribution in [2.45, 2.75) is 19.4 Å². The van der Waals surface area contributed by atoms with E-state index in [4.69, 9.17) is 5.11 Å². The first-order valence-electron chi connectivity index (χ1n) is 3.70. The number of aliphatic hydroxyl groups excluding tert-OH is 1. The molecule has 2 unspecified atom stereocenters. The van der Waals surface area contributed by atoms with Crippen LogP contribution in [0.4, 0.5) is 0 Å². The summed E-state index contributed by atoms with van der Waals surface area (Å²) in [6.07, 6.45) is 3.00. The zero-order valence-corrected chi connectivity index (χ0v) is 6.58. The Morgan fingerprint density at radius 1 is 1.91 bits per heavy atom. The molecule has 0 amide bonds. The van der Waals surface area contributed by atoms with Gasteiger partial charge in [0.15, 0.2) is 5.78 Å². The molecular weight excluding hydrogens is 140 g/mol. The van der Waals surface area contributed by atoms with Gasteiger partial charge in [0.2, 0.25) is 0 Å². The van der Waals surface area contributed by atoms with Gasteiger partial charge in [-0.05, 0) is 6.08 Å². The van der Waals surface area contributed by atoms with Crippen molar-refractivity contribution in [2.75, 3.05) is 0 Å². The van der Waals surface area contributed by atoms with Crippen molar-refractivity contribution in [1.82, 2.24) is 0 Å². The van der Waals surface area contributed by atoms with Gasteiger partial charge in [-0.1, -0.05) is 13.0 Å². The summed E-state index contributed by atoms with van der Waals surface area (Å²) >= 11 is 0. The summed E-state index contributed by atoms with van der Waals surface area (Å²) in [5.74, 6) is 0.115. The van der Waals surface area contributed by atoms with E-state index in [0.717, 1.165) is 0 Å². The Labute approximate surface area is 66.2 Å². The minimum atomic E-state index is -0.570. The molecule has 1 aliphatic carbocycles. The second-order valence-electron chi connectivity index (χ2n) is 2.84. The molecule has 0 aromatic carbocycles. The van der Waals surface area contributed by atoms with Crippen LogP contribution in [0, 0.1) is 5.92 Å². The standard InChI is InChI=1S/C9H12O2/c1-3-6(2)8-4-7(10)5-9(8)11/h3-4,6-7,10H,1,5H2,2H3. The molecular formula is C9H12O2. The third-order valence-corrected chi connectivity index (χ3v) is 1.93. The van der Waals surface area contributed by atoms with E-state index < -0.39 is 6.10 Å². The summed E-state index contributed by atoms with van der Waals surface area (Å²) < 4.78 is 0. The molecule has 0 fully saturated rings. The number of allylic oxidation sites excluding steroid dienone is 2. The molecule has 1 rings (SSSR count). The molecule has 1 aliphatic rings. The van der Waals surface area contributed by atoms with Crippen LogP contribution in [0.3, 0.4) is 0 Å². The molecule has 0 aliphatic heterocycles. The Kier molecular flexibility index (Phi) is 2.25. The van der Waals surface area contributed by atoms with Crippen LogP contribution in [-0.4, -0.2) is 17.0 Å². The van der Waals surface area contributed by atoms with E-state index in [9.17, 15) is 4.79 Å². The SMILES string of the molecule is C=CC(C)C1=CC(O)CC1=O. The predicted molar refractivity (Wildman–Crippen MR) is 43.1 cm³/mol. The quantitative estimate of drug-likeness (QED) is 0.601. The third kappa shape index (κ3) is 1.57. The van der Waals surface area contributed by atoms with Crippen LogP contribution < -0.4 is 0 Å². The van der Waals surface area contributed by atoms with Crippen LogP contribution in [0.25, 0.3) is 0 Å². The predicted octanol–water partition coefficient (Wildman–Crippen LogP) is 1.07. The van der Waals surface area contributed by atoms with Crippen molar-refractivity contribution in [1.29, 1.82) is 0 Å². The maximum absolute atomic E-state index is 11.1. The Morgan fingerprint density at radius 3 is 2.91 bits per heavy atom. The Morgan fingerprint density at radius 2 is 2.55 bits per heavy atom. The van der Waals surface area contributed by atoms with E-state index in [1.54, 1.807) is 12.2 Å². The van der Waals surface area contributed by atoms with Crippen molar-refractivity contribution in [3.8, 4) is 0 Å². The van der Waals surface area contributed by atoms with Gasteiger partial charge in [0.25, 0.3) is 0 Å². The number of carbonyl (C=O) groups excluding carboxylic acids is 1. The smallest absolute Gasteiger partial charge is 0.162 e. The molecule has 1 N–H and O–H groups in total. The first-order valence-corrected chi connectivity index (χ1v) is 3.70. The summed E-state index contributed by atoms with van der Waals surface area (Å²) in [6.45, 7) is 5.49. The fraction of sp³-hybridized carbons (Fsp3) is 0.444. The van der Waals surface area contributed by atoms with Crippen molar-refractivity contribution in [2.24, 2.45) is 5.92 Å². The highest BCUT2D eigenvalue weighted by Gasteiger charge is 2.24.